The van der Waals surface area contributed by atoms with Gasteiger partial charge in [-0.3, -0.25) is 0 Å². The fourth-order valence-electron chi connectivity index (χ4n) is 3.11. The van der Waals surface area contributed by atoms with E-state index in [0.29, 0.717) is 0 Å². The van der Waals surface area contributed by atoms with Gasteiger partial charge >= 0.3 is 0 Å². The topological polar surface area (TPSA) is 23.5 Å². The van der Waals surface area contributed by atoms with Crippen LogP contribution in [0.1, 0.15) is 31.2 Å². The van der Waals surface area contributed by atoms with Crippen molar-refractivity contribution in [3.05, 3.63) is 35.9 Å². The Balaban J connectivity index is 2.27. The number of aliphatic hydroxyl groups is 1. The van der Waals surface area contributed by atoms with Crippen LogP contribution in [0.5, 0.6) is 0 Å². The molecule has 0 spiro atoms. The van der Waals surface area contributed by atoms with Crippen LogP contribution in [0.15, 0.2) is 30.3 Å². The van der Waals surface area contributed by atoms with E-state index in [1.807, 2.05) is 20.2 Å². The van der Waals surface area contributed by atoms with Crippen molar-refractivity contribution in [2.24, 2.45) is 0 Å². The molecule has 0 aromatic heterocycles. The van der Waals surface area contributed by atoms with Gasteiger partial charge in [-0.1, -0.05) is 43.2 Å². The lowest BCUT2D eigenvalue weighted by Crippen LogP contribution is -2.43. The fraction of sp³-hybridized carbons (Fsp3) is 0.600. The van der Waals surface area contributed by atoms with Crippen molar-refractivity contribution < 1.29 is 5.11 Å². The summed E-state index contributed by atoms with van der Waals surface area (Å²) in [6.07, 6.45) is 4.44. The van der Waals surface area contributed by atoms with Crippen molar-refractivity contribution in [2.75, 3.05) is 20.6 Å². The number of nitrogens with zero attached hydrogens (tertiary/aromatic N) is 1. The maximum absolute atomic E-state index is 10.6. The molecular formula is C15H23NO. The summed E-state index contributed by atoms with van der Waals surface area (Å²) in [5.74, 6) is 0. The third kappa shape index (κ3) is 2.53. The first-order valence-corrected chi connectivity index (χ1v) is 6.53. The normalized spacial score (nSPS) is 20.7. The smallest absolute Gasteiger partial charge is 0.0763 e. The van der Waals surface area contributed by atoms with Crippen molar-refractivity contribution in [1.82, 2.24) is 4.90 Å². The highest BCUT2D eigenvalue weighted by Gasteiger charge is 2.41. The van der Waals surface area contributed by atoms with E-state index in [2.05, 4.69) is 29.2 Å². The standard InChI is InChI=1S/C15H23NO/c1-16(2)12-14(17)15(10-6-7-11-15)13-8-4-3-5-9-13/h3-5,8-9,14,17H,6-7,10-12H2,1-2H3. The Hall–Kier alpha value is -0.860. The van der Waals surface area contributed by atoms with Crippen molar-refractivity contribution in [3.8, 4) is 0 Å². The number of rotatable bonds is 4. The molecule has 0 saturated heterocycles. The Morgan fingerprint density at radius 1 is 1.18 bits per heavy atom. The van der Waals surface area contributed by atoms with Gasteiger partial charge in [0.05, 0.1) is 6.10 Å². The number of aliphatic hydroxyl groups excluding tert-OH is 1. The first-order valence-electron chi connectivity index (χ1n) is 6.53. The van der Waals surface area contributed by atoms with E-state index in [1.54, 1.807) is 0 Å². The van der Waals surface area contributed by atoms with Gasteiger partial charge in [0.2, 0.25) is 0 Å². The first kappa shape index (κ1) is 12.6. The molecular weight excluding hydrogens is 210 g/mol. The van der Waals surface area contributed by atoms with E-state index in [0.717, 1.165) is 19.4 Å². The SMILES string of the molecule is CN(C)CC(O)C1(c2ccccc2)CCCC1. The molecule has 1 aromatic carbocycles. The van der Waals surface area contributed by atoms with E-state index in [4.69, 9.17) is 0 Å². The van der Waals surface area contributed by atoms with Gasteiger partial charge in [0.15, 0.2) is 0 Å². The maximum atomic E-state index is 10.6. The first-order chi connectivity index (χ1) is 8.15. The molecule has 0 bridgehead atoms. The summed E-state index contributed by atoms with van der Waals surface area (Å²) in [4.78, 5) is 2.08. The zero-order chi connectivity index (χ0) is 12.3. The van der Waals surface area contributed by atoms with Crippen LogP contribution >= 0.6 is 0 Å². The third-order valence-corrected chi connectivity index (χ3v) is 4.02. The van der Waals surface area contributed by atoms with E-state index in [1.165, 1.54) is 18.4 Å². The number of hydrogen-bond donors (Lipinski definition) is 1. The van der Waals surface area contributed by atoms with E-state index < -0.39 is 0 Å². The van der Waals surface area contributed by atoms with Gasteiger partial charge in [0.25, 0.3) is 0 Å². The van der Waals surface area contributed by atoms with Crippen LogP contribution in [0.4, 0.5) is 0 Å². The molecule has 1 aliphatic carbocycles. The van der Waals surface area contributed by atoms with E-state index in [9.17, 15) is 5.11 Å². The predicted octanol–water partition coefficient (Wildman–Crippen LogP) is 2.42. The summed E-state index contributed by atoms with van der Waals surface area (Å²) in [5.41, 5.74) is 1.30. The molecule has 0 radical (unpaired) electrons. The average molecular weight is 233 g/mol. The zero-order valence-electron chi connectivity index (χ0n) is 10.9. The summed E-state index contributed by atoms with van der Waals surface area (Å²) >= 11 is 0. The minimum Gasteiger partial charge on any atom is -0.391 e. The molecule has 2 heteroatoms. The Morgan fingerprint density at radius 3 is 2.29 bits per heavy atom. The van der Waals surface area contributed by atoms with Crippen LogP contribution in [0.25, 0.3) is 0 Å². The van der Waals surface area contributed by atoms with Crippen LogP contribution in [0, 0.1) is 0 Å². The molecule has 1 N–H and O–H groups in total. The van der Waals surface area contributed by atoms with Gasteiger partial charge in [-0.2, -0.15) is 0 Å². The fourth-order valence-corrected chi connectivity index (χ4v) is 3.11. The number of hydrogen-bond acceptors (Lipinski definition) is 2. The minimum absolute atomic E-state index is 0.00840. The summed E-state index contributed by atoms with van der Waals surface area (Å²) in [7, 11) is 4.05. The molecule has 1 aliphatic rings. The second kappa shape index (κ2) is 5.19. The molecule has 1 saturated carbocycles. The second-order valence-electron chi connectivity index (χ2n) is 5.51. The van der Waals surface area contributed by atoms with Crippen LogP contribution in [-0.4, -0.2) is 36.8 Å². The Bertz CT molecular complexity index is 341. The summed E-state index contributed by atoms with van der Waals surface area (Å²) in [6.45, 7) is 0.745. The minimum atomic E-state index is -0.262. The number of likely N-dealkylation sites (N-methyl/N-ethyl adjacent to an activating group) is 1. The monoisotopic (exact) mass is 233 g/mol. The molecule has 1 aromatic rings. The van der Waals surface area contributed by atoms with Crippen LogP contribution < -0.4 is 0 Å². The quantitative estimate of drug-likeness (QED) is 0.863. The summed E-state index contributed by atoms with van der Waals surface area (Å²) in [5, 5.41) is 10.6. The van der Waals surface area contributed by atoms with Gasteiger partial charge in [0, 0.05) is 12.0 Å². The maximum Gasteiger partial charge on any atom is 0.0763 e. The Kier molecular flexibility index (Phi) is 3.85. The van der Waals surface area contributed by atoms with Gasteiger partial charge in [0.1, 0.15) is 0 Å². The molecule has 1 unspecified atom stereocenters. The van der Waals surface area contributed by atoms with Gasteiger partial charge in [-0.05, 0) is 32.5 Å². The van der Waals surface area contributed by atoms with E-state index >= 15 is 0 Å². The van der Waals surface area contributed by atoms with Crippen molar-refractivity contribution in [3.63, 3.8) is 0 Å². The molecule has 94 valence electrons. The predicted molar refractivity (Wildman–Crippen MR) is 71.1 cm³/mol. The average Bonchev–Trinajstić information content (AvgIpc) is 2.79. The molecule has 0 aliphatic heterocycles. The largest absolute Gasteiger partial charge is 0.391 e. The highest BCUT2D eigenvalue weighted by atomic mass is 16.3. The molecule has 1 atom stereocenters. The van der Waals surface area contributed by atoms with Crippen LogP contribution in [0.3, 0.4) is 0 Å². The zero-order valence-corrected chi connectivity index (χ0v) is 10.9. The van der Waals surface area contributed by atoms with Crippen LogP contribution in [-0.2, 0) is 5.41 Å². The lowest BCUT2D eigenvalue weighted by atomic mass is 9.74. The summed E-state index contributed by atoms with van der Waals surface area (Å²) in [6, 6.07) is 10.6. The number of benzene rings is 1. The van der Waals surface area contributed by atoms with Gasteiger partial charge in [-0.15, -0.1) is 0 Å². The lowest BCUT2D eigenvalue weighted by molar-refractivity contribution is 0.0579. The second-order valence-corrected chi connectivity index (χ2v) is 5.51. The molecule has 1 fully saturated rings. The highest BCUT2D eigenvalue weighted by molar-refractivity contribution is 5.28. The molecule has 2 rings (SSSR count). The third-order valence-electron chi connectivity index (χ3n) is 4.02. The van der Waals surface area contributed by atoms with Crippen LogP contribution in [0.2, 0.25) is 0 Å². The highest BCUT2D eigenvalue weighted by Crippen LogP contribution is 2.43. The van der Waals surface area contributed by atoms with Crippen molar-refractivity contribution in [1.29, 1.82) is 0 Å². The molecule has 2 nitrogen and oxygen atoms in total. The summed E-state index contributed by atoms with van der Waals surface area (Å²) < 4.78 is 0. The van der Waals surface area contributed by atoms with E-state index in [-0.39, 0.29) is 11.5 Å². The molecule has 17 heavy (non-hydrogen) atoms. The van der Waals surface area contributed by atoms with Crippen molar-refractivity contribution >= 4 is 0 Å². The molecule has 0 heterocycles. The van der Waals surface area contributed by atoms with Gasteiger partial charge in [-0.25, -0.2) is 0 Å². The Morgan fingerprint density at radius 2 is 1.76 bits per heavy atom. The molecule has 0 amide bonds. The van der Waals surface area contributed by atoms with Crippen molar-refractivity contribution in [2.45, 2.75) is 37.2 Å². The van der Waals surface area contributed by atoms with Gasteiger partial charge < -0.3 is 10.0 Å². The Labute approximate surface area is 104 Å². The lowest BCUT2D eigenvalue weighted by Gasteiger charge is -2.36.